The van der Waals surface area contributed by atoms with E-state index in [1.165, 1.54) is 6.92 Å². The summed E-state index contributed by atoms with van der Waals surface area (Å²) >= 11 is 0. The molecule has 0 saturated heterocycles. The van der Waals surface area contributed by atoms with Gasteiger partial charge < -0.3 is 19.7 Å². The average Bonchev–Trinajstić information content (AvgIpc) is 3.11. The lowest BCUT2D eigenvalue weighted by Crippen LogP contribution is -2.61. The third-order valence-electron chi connectivity index (χ3n) is 10.1. The molecule has 0 spiro atoms. The number of fused-ring (bicyclic) bond motifs is 3. The molecule has 2 N–H and O–H groups in total. The fourth-order valence-electron chi connectivity index (χ4n) is 8.18. The molecule has 3 fully saturated rings. The first kappa shape index (κ1) is 32.0. The average molecular weight is 557 g/mol. The summed E-state index contributed by atoms with van der Waals surface area (Å²) in [5.41, 5.74) is -0.115. The molecule has 3 rings (SSSR count). The Morgan fingerprint density at radius 3 is 2.27 bits per heavy atom. The Morgan fingerprint density at radius 1 is 1.07 bits per heavy atom. The molecule has 0 aromatic rings. The molecule has 3 aliphatic rings. The molecule has 0 aliphatic heterocycles. The normalized spacial score (nSPS) is 36.9. The largest absolute Gasteiger partial charge is 0.481 e. The maximum absolute atomic E-state index is 13.6. The predicted octanol–water partition coefficient (Wildman–Crippen LogP) is 5.98. The van der Waals surface area contributed by atoms with E-state index in [2.05, 4.69) is 13.8 Å². The highest BCUT2D eigenvalue weighted by molar-refractivity contribution is 6.01. The smallest absolute Gasteiger partial charge is 0.313 e. The van der Waals surface area contributed by atoms with Crippen molar-refractivity contribution in [2.45, 2.75) is 105 Å². The molecule has 222 valence electrons. The summed E-state index contributed by atoms with van der Waals surface area (Å²) in [4.78, 5) is 38.1. The van der Waals surface area contributed by atoms with Gasteiger partial charge in [-0.05, 0) is 88.7 Å². The van der Waals surface area contributed by atoms with Crippen molar-refractivity contribution in [3.63, 3.8) is 0 Å². The summed E-state index contributed by atoms with van der Waals surface area (Å²) in [5.74, 6) is -1.45. The van der Waals surface area contributed by atoms with Gasteiger partial charge in [-0.2, -0.15) is 0 Å². The van der Waals surface area contributed by atoms with E-state index in [1.807, 2.05) is 38.2 Å². The van der Waals surface area contributed by atoms with E-state index in [1.54, 1.807) is 34.0 Å². The van der Waals surface area contributed by atoms with Gasteiger partial charge in [-0.1, -0.05) is 44.2 Å². The van der Waals surface area contributed by atoms with Crippen molar-refractivity contribution < 1.29 is 34.1 Å². The van der Waals surface area contributed by atoms with Gasteiger partial charge in [0.05, 0.1) is 11.7 Å². The number of carboxylic acids is 1. The van der Waals surface area contributed by atoms with Crippen molar-refractivity contribution in [1.82, 2.24) is 0 Å². The number of carbonyl (C=O) groups excluding carboxylic acids is 2. The zero-order valence-corrected chi connectivity index (χ0v) is 25.7. The second kappa shape index (κ2) is 11.4. The summed E-state index contributed by atoms with van der Waals surface area (Å²) in [6.45, 7) is 14.7. The number of esters is 1. The van der Waals surface area contributed by atoms with E-state index in [4.69, 9.17) is 9.47 Å². The number of aliphatic hydroxyl groups is 1. The number of allylic oxidation sites excluding steroid dienone is 5. The number of Topliss-reactive ketones (excluding diaryl/α,β-unsaturated/α-hetero) is 1. The van der Waals surface area contributed by atoms with Crippen LogP contribution >= 0.6 is 0 Å². The highest BCUT2D eigenvalue weighted by Gasteiger charge is 2.68. The van der Waals surface area contributed by atoms with Gasteiger partial charge in [-0.3, -0.25) is 14.4 Å². The summed E-state index contributed by atoms with van der Waals surface area (Å²) in [5, 5.41) is 20.4. The Morgan fingerprint density at radius 2 is 1.73 bits per heavy atom. The molecule has 40 heavy (non-hydrogen) atoms. The Kier molecular flexibility index (Phi) is 9.12. The number of methoxy groups -OCH3 is 1. The fourth-order valence-corrected chi connectivity index (χ4v) is 8.18. The number of rotatable bonds is 8. The molecule has 7 heteroatoms. The second-order valence-corrected chi connectivity index (χ2v) is 13.4. The van der Waals surface area contributed by atoms with Crippen LogP contribution in [-0.4, -0.2) is 52.9 Å². The lowest BCUT2D eigenvalue weighted by atomic mass is 9.42. The number of carboxylic acid groups (broad SMARTS) is 1. The Bertz CT molecular complexity index is 1150. The van der Waals surface area contributed by atoms with E-state index in [0.717, 1.165) is 16.7 Å². The van der Waals surface area contributed by atoms with Gasteiger partial charge in [0.1, 0.15) is 11.5 Å². The SMILES string of the molecule is COC(/C=C/C(C)(C)O)\C(C)=C/C=C/C(C)=C1\C(=O)C[C@H]2[C@@]3(C)CCC(OC(C)=O)C(C)(C(=O)O)[C@@H]3CC[C@]12C. The quantitative estimate of drug-likeness (QED) is 0.164. The molecule has 0 aromatic heterocycles. The van der Waals surface area contributed by atoms with Gasteiger partial charge in [0.2, 0.25) is 0 Å². The van der Waals surface area contributed by atoms with Crippen LogP contribution in [0.1, 0.15) is 87.5 Å². The molecule has 0 heterocycles. The van der Waals surface area contributed by atoms with E-state index in [-0.39, 0.29) is 34.6 Å². The monoisotopic (exact) mass is 556 g/mol. The van der Waals surface area contributed by atoms with Crippen LogP contribution in [0.3, 0.4) is 0 Å². The number of hydrogen-bond acceptors (Lipinski definition) is 6. The van der Waals surface area contributed by atoms with Gasteiger partial charge in [0.15, 0.2) is 5.78 Å². The molecule has 0 radical (unpaired) electrons. The number of ketones is 1. The minimum Gasteiger partial charge on any atom is -0.481 e. The number of hydrogen-bond donors (Lipinski definition) is 2. The lowest BCUT2D eigenvalue weighted by Gasteiger charge is -2.61. The van der Waals surface area contributed by atoms with Crippen LogP contribution in [0.25, 0.3) is 0 Å². The molecular formula is C33H48O7. The lowest BCUT2D eigenvalue weighted by molar-refractivity contribution is -0.204. The highest BCUT2D eigenvalue weighted by Crippen LogP contribution is 2.69. The first-order chi connectivity index (χ1) is 18.4. The van der Waals surface area contributed by atoms with Crippen molar-refractivity contribution in [1.29, 1.82) is 0 Å². The van der Waals surface area contributed by atoms with Gasteiger partial charge in [0.25, 0.3) is 0 Å². The summed E-state index contributed by atoms with van der Waals surface area (Å²) < 4.78 is 11.1. The van der Waals surface area contributed by atoms with Gasteiger partial charge >= 0.3 is 11.9 Å². The zero-order chi connectivity index (χ0) is 30.3. The van der Waals surface area contributed by atoms with E-state index in [0.29, 0.717) is 32.1 Å². The first-order valence-corrected chi connectivity index (χ1v) is 14.4. The van der Waals surface area contributed by atoms with Crippen LogP contribution in [0.5, 0.6) is 0 Å². The van der Waals surface area contributed by atoms with Crippen LogP contribution < -0.4 is 0 Å². The van der Waals surface area contributed by atoms with Crippen LogP contribution in [0, 0.1) is 28.1 Å². The molecular weight excluding hydrogens is 508 g/mol. The Labute approximate surface area is 239 Å². The minimum absolute atomic E-state index is 0.0173. The van der Waals surface area contributed by atoms with E-state index < -0.39 is 29.1 Å². The third kappa shape index (κ3) is 5.78. The van der Waals surface area contributed by atoms with Crippen molar-refractivity contribution >= 4 is 17.7 Å². The minimum atomic E-state index is -1.20. The van der Waals surface area contributed by atoms with Crippen molar-refractivity contribution in [2.24, 2.45) is 28.1 Å². The number of carbonyl (C=O) groups is 3. The van der Waals surface area contributed by atoms with Crippen molar-refractivity contribution in [2.75, 3.05) is 7.11 Å². The molecule has 0 amide bonds. The van der Waals surface area contributed by atoms with Crippen molar-refractivity contribution in [3.8, 4) is 0 Å². The third-order valence-corrected chi connectivity index (χ3v) is 10.1. The Balaban J connectivity index is 1.93. The van der Waals surface area contributed by atoms with Gasteiger partial charge in [-0.15, -0.1) is 0 Å². The maximum atomic E-state index is 13.6. The zero-order valence-electron chi connectivity index (χ0n) is 25.7. The summed E-state index contributed by atoms with van der Waals surface area (Å²) in [6, 6.07) is 0. The summed E-state index contributed by atoms with van der Waals surface area (Å²) in [6.07, 6.45) is 11.4. The first-order valence-electron chi connectivity index (χ1n) is 14.4. The molecule has 3 aliphatic carbocycles. The van der Waals surface area contributed by atoms with Crippen LogP contribution in [0.15, 0.2) is 47.1 Å². The standard InChI is InChI=1S/C33H48O7/c1-20(24(39-9)13-16-30(4,5)38)11-10-12-21(2)28-23(35)19-26-31(6)18-15-27(40-22(3)34)33(8,29(36)37)25(31)14-17-32(26,28)7/h10-13,16,24-27,38H,14-15,17-19H2,1-9H3,(H,36,37)/b12-10+,16-13+,20-11-,28-21+/t24?,25-,26+,27?,31+,32+,33?/m1/s1. The number of aliphatic carboxylic acids is 1. The van der Waals surface area contributed by atoms with Crippen LogP contribution in [0.4, 0.5) is 0 Å². The molecule has 3 unspecified atom stereocenters. The van der Waals surface area contributed by atoms with Gasteiger partial charge in [0, 0.05) is 31.4 Å². The van der Waals surface area contributed by atoms with Crippen LogP contribution in [0.2, 0.25) is 0 Å². The molecule has 7 nitrogen and oxygen atoms in total. The molecule has 3 saturated carbocycles. The van der Waals surface area contributed by atoms with E-state index >= 15 is 0 Å². The predicted molar refractivity (Wildman–Crippen MR) is 154 cm³/mol. The molecule has 0 aromatic carbocycles. The molecule has 0 bridgehead atoms. The summed E-state index contributed by atoms with van der Waals surface area (Å²) in [7, 11) is 1.62. The highest BCUT2D eigenvalue weighted by atomic mass is 16.5. The number of ether oxygens (including phenoxy) is 2. The topological polar surface area (TPSA) is 110 Å². The maximum Gasteiger partial charge on any atom is 0.313 e. The fraction of sp³-hybridized carbons (Fsp3) is 0.667. The second-order valence-electron chi connectivity index (χ2n) is 13.4. The molecule has 7 atom stereocenters. The Hall–Kier alpha value is -2.51. The van der Waals surface area contributed by atoms with Gasteiger partial charge in [-0.25, -0.2) is 0 Å². The van der Waals surface area contributed by atoms with Crippen LogP contribution in [-0.2, 0) is 23.9 Å². The van der Waals surface area contributed by atoms with E-state index in [9.17, 15) is 24.6 Å². The van der Waals surface area contributed by atoms with Crippen molar-refractivity contribution in [3.05, 3.63) is 47.1 Å².